The normalized spacial score (nSPS) is 10.5. The molecule has 3 aromatic rings. The number of benzene rings is 1. The molecule has 1 amide bonds. The zero-order valence-electron chi connectivity index (χ0n) is 17.9. The number of amides is 1. The van der Waals surface area contributed by atoms with Crippen LogP contribution in [0.25, 0.3) is 0 Å². The highest BCUT2D eigenvalue weighted by atomic mass is 79.9. The molecule has 0 saturated heterocycles. The van der Waals surface area contributed by atoms with Crippen molar-refractivity contribution < 1.29 is 14.3 Å². The minimum atomic E-state index is -0.541. The number of esters is 1. The van der Waals surface area contributed by atoms with Crippen LogP contribution in [0, 0.1) is 6.92 Å². The number of anilines is 2. The Balaban J connectivity index is 1.74. The molecule has 0 radical (unpaired) electrons. The number of hydrogen-bond acceptors (Lipinski definition) is 6. The van der Waals surface area contributed by atoms with Gasteiger partial charge in [0, 0.05) is 30.8 Å². The molecule has 8 nitrogen and oxygen atoms in total. The van der Waals surface area contributed by atoms with Crippen LogP contribution in [-0.2, 0) is 11.3 Å². The Bertz CT molecular complexity index is 1150. The molecule has 1 aromatic carbocycles. The predicted molar refractivity (Wildman–Crippen MR) is 134 cm³/mol. The van der Waals surface area contributed by atoms with Gasteiger partial charge in [-0.15, -0.1) is 11.3 Å². The van der Waals surface area contributed by atoms with Crippen LogP contribution in [0.2, 0.25) is 0 Å². The number of rotatable bonds is 6. The minimum Gasteiger partial charge on any atom is -0.465 e. The summed E-state index contributed by atoms with van der Waals surface area (Å²) in [6.45, 7) is 2.33. The molecule has 0 spiro atoms. The number of carbonyl (C=O) groups is 2. The summed E-state index contributed by atoms with van der Waals surface area (Å²) in [6, 6.07) is 9.80. The van der Waals surface area contributed by atoms with Gasteiger partial charge in [0.05, 0.1) is 24.1 Å². The second-order valence-electron chi connectivity index (χ2n) is 7.06. The van der Waals surface area contributed by atoms with E-state index in [-0.39, 0.29) is 16.6 Å². The van der Waals surface area contributed by atoms with Gasteiger partial charge in [-0.3, -0.25) is 9.48 Å². The summed E-state index contributed by atoms with van der Waals surface area (Å²) in [4.78, 5) is 26.7. The lowest BCUT2D eigenvalue weighted by molar-refractivity contribution is 0.0601. The number of ether oxygens (including phenoxy) is 1. The van der Waals surface area contributed by atoms with Gasteiger partial charge in [-0.25, -0.2) is 4.79 Å². The van der Waals surface area contributed by atoms with Crippen molar-refractivity contribution >= 4 is 67.3 Å². The number of methoxy groups -OCH3 is 1. The van der Waals surface area contributed by atoms with E-state index in [0.717, 1.165) is 21.4 Å². The quantitative estimate of drug-likeness (QED) is 0.358. The molecular weight excluding hydrogens is 514 g/mol. The predicted octanol–water partition coefficient (Wildman–Crippen LogP) is 4.36. The maximum Gasteiger partial charge on any atom is 0.341 e. The summed E-state index contributed by atoms with van der Waals surface area (Å²) in [5, 5.41) is 11.2. The molecule has 0 aliphatic carbocycles. The summed E-state index contributed by atoms with van der Waals surface area (Å²) < 4.78 is 7.71. The van der Waals surface area contributed by atoms with E-state index in [1.165, 1.54) is 12.0 Å². The molecule has 2 aromatic heterocycles. The molecule has 2 N–H and O–H groups in total. The number of thiocarbonyl (C=S) groups is 1. The van der Waals surface area contributed by atoms with Gasteiger partial charge in [0.25, 0.3) is 5.91 Å². The van der Waals surface area contributed by atoms with Crippen LogP contribution < -0.4 is 10.6 Å². The van der Waals surface area contributed by atoms with Crippen molar-refractivity contribution in [2.24, 2.45) is 0 Å². The van der Waals surface area contributed by atoms with Crippen molar-refractivity contribution in [1.82, 2.24) is 14.7 Å². The van der Waals surface area contributed by atoms with E-state index < -0.39 is 5.97 Å². The second-order valence-corrected chi connectivity index (χ2v) is 9.40. The summed E-state index contributed by atoms with van der Waals surface area (Å²) in [5.41, 5.74) is 1.94. The molecule has 32 heavy (non-hydrogen) atoms. The summed E-state index contributed by atoms with van der Waals surface area (Å²) in [6.07, 6.45) is 1.84. The van der Waals surface area contributed by atoms with Crippen molar-refractivity contribution in [3.05, 3.63) is 62.6 Å². The lowest BCUT2D eigenvalue weighted by Crippen LogP contribution is -2.21. The largest absolute Gasteiger partial charge is 0.465 e. The first-order valence-corrected chi connectivity index (χ1v) is 11.5. The van der Waals surface area contributed by atoms with Gasteiger partial charge in [0.15, 0.2) is 10.9 Å². The van der Waals surface area contributed by atoms with E-state index in [2.05, 4.69) is 31.7 Å². The Labute approximate surface area is 203 Å². The molecule has 0 saturated carbocycles. The van der Waals surface area contributed by atoms with E-state index in [0.29, 0.717) is 27.8 Å². The van der Waals surface area contributed by atoms with Crippen LogP contribution in [0.15, 0.2) is 41.0 Å². The van der Waals surface area contributed by atoms with Crippen molar-refractivity contribution in [3.8, 4) is 0 Å². The molecule has 0 aliphatic heterocycles. The van der Waals surface area contributed by atoms with E-state index in [1.54, 1.807) is 31.8 Å². The lowest BCUT2D eigenvalue weighted by Gasteiger charge is -2.09. The van der Waals surface area contributed by atoms with Gasteiger partial charge in [-0.2, -0.15) is 5.10 Å². The molecule has 0 fully saturated rings. The smallest absolute Gasteiger partial charge is 0.341 e. The number of nitrogens with one attached hydrogen (secondary N) is 2. The summed E-state index contributed by atoms with van der Waals surface area (Å²) in [7, 11) is 4.61. The number of aromatic nitrogens is 2. The standard InChI is InChI=1S/C21H22BrN5O3S2/c1-12-16(20(29)30-4)18(32-17(12)19(28)26(2)3)24-21(31)23-15-9-10-27(25-15)11-13-5-7-14(22)8-6-13/h5-10H,11H2,1-4H3,(H2,23,24,25,31). The first kappa shape index (κ1) is 23.9. The number of nitrogens with zero attached hydrogens (tertiary/aromatic N) is 3. The van der Waals surface area contributed by atoms with Gasteiger partial charge < -0.3 is 20.3 Å². The average Bonchev–Trinajstić information content (AvgIpc) is 3.32. The van der Waals surface area contributed by atoms with Crippen molar-refractivity contribution in [1.29, 1.82) is 0 Å². The monoisotopic (exact) mass is 535 g/mol. The SMILES string of the molecule is COC(=O)c1c(NC(=S)Nc2ccn(Cc3ccc(Br)cc3)n2)sc(C(=O)N(C)C)c1C. The van der Waals surface area contributed by atoms with Gasteiger partial charge in [-0.1, -0.05) is 28.1 Å². The van der Waals surface area contributed by atoms with E-state index in [4.69, 9.17) is 17.0 Å². The third kappa shape index (κ3) is 5.53. The summed E-state index contributed by atoms with van der Waals surface area (Å²) >= 11 is 9.98. The Morgan fingerprint density at radius 3 is 2.53 bits per heavy atom. The molecular formula is C21H22BrN5O3S2. The fraction of sp³-hybridized carbons (Fsp3) is 0.238. The molecule has 0 aliphatic rings. The van der Waals surface area contributed by atoms with Crippen LogP contribution in [0.3, 0.4) is 0 Å². The Morgan fingerprint density at radius 2 is 1.91 bits per heavy atom. The molecule has 0 bridgehead atoms. The third-order valence-corrected chi connectivity index (χ3v) is 6.43. The molecule has 2 heterocycles. The molecule has 168 valence electrons. The number of hydrogen-bond donors (Lipinski definition) is 2. The second kappa shape index (κ2) is 10.2. The van der Waals surface area contributed by atoms with Crippen LogP contribution in [0.5, 0.6) is 0 Å². The maximum absolute atomic E-state index is 12.5. The van der Waals surface area contributed by atoms with Gasteiger partial charge >= 0.3 is 5.97 Å². The lowest BCUT2D eigenvalue weighted by atomic mass is 10.1. The fourth-order valence-electron chi connectivity index (χ4n) is 2.90. The number of thiophene rings is 1. The van der Waals surface area contributed by atoms with Crippen molar-refractivity contribution in [3.63, 3.8) is 0 Å². The molecule has 11 heteroatoms. The topological polar surface area (TPSA) is 88.5 Å². The highest BCUT2D eigenvalue weighted by Gasteiger charge is 2.26. The zero-order chi connectivity index (χ0) is 23.4. The Kier molecular flexibility index (Phi) is 7.64. The summed E-state index contributed by atoms with van der Waals surface area (Å²) in [5.74, 6) is -0.186. The first-order valence-electron chi connectivity index (χ1n) is 9.48. The highest BCUT2D eigenvalue weighted by Crippen LogP contribution is 2.34. The average molecular weight is 536 g/mol. The zero-order valence-corrected chi connectivity index (χ0v) is 21.2. The molecule has 0 unspecified atom stereocenters. The molecule has 3 rings (SSSR count). The van der Waals surface area contributed by atoms with E-state index >= 15 is 0 Å². The van der Waals surface area contributed by atoms with E-state index in [9.17, 15) is 9.59 Å². The third-order valence-electron chi connectivity index (χ3n) is 4.50. The minimum absolute atomic E-state index is 0.198. The van der Waals surface area contributed by atoms with Crippen molar-refractivity contribution in [2.75, 3.05) is 31.8 Å². The van der Waals surface area contributed by atoms with Crippen LogP contribution >= 0.6 is 39.5 Å². The van der Waals surface area contributed by atoms with Gasteiger partial charge in [0.1, 0.15) is 5.00 Å². The van der Waals surface area contributed by atoms with Crippen molar-refractivity contribution in [2.45, 2.75) is 13.5 Å². The molecule has 0 atom stereocenters. The Morgan fingerprint density at radius 1 is 1.22 bits per heavy atom. The first-order chi connectivity index (χ1) is 15.2. The number of carbonyl (C=O) groups excluding carboxylic acids is 2. The van der Waals surface area contributed by atoms with Crippen LogP contribution in [0.1, 0.15) is 31.2 Å². The Hall–Kier alpha value is -2.76. The van der Waals surface area contributed by atoms with E-state index in [1.807, 2.05) is 30.5 Å². The van der Waals surface area contributed by atoms with Gasteiger partial charge in [-0.05, 0) is 42.4 Å². The van der Waals surface area contributed by atoms with Gasteiger partial charge in [0.2, 0.25) is 0 Å². The van der Waals surface area contributed by atoms with Crippen LogP contribution in [-0.4, -0.2) is 52.9 Å². The van der Waals surface area contributed by atoms with Crippen LogP contribution in [0.4, 0.5) is 10.8 Å². The maximum atomic E-state index is 12.5. The fourth-order valence-corrected chi connectivity index (χ4v) is 4.66. The highest BCUT2D eigenvalue weighted by molar-refractivity contribution is 9.10. The number of halogens is 1.